The summed E-state index contributed by atoms with van der Waals surface area (Å²) in [4.78, 5) is 4.60. The third kappa shape index (κ3) is 2.15. The molecular weight excluding hydrogens is 270 g/mol. The lowest BCUT2D eigenvalue weighted by molar-refractivity contribution is 1.09. The monoisotopic (exact) mass is 281 g/mol. The molecule has 0 fully saturated rings. The minimum Gasteiger partial charge on any atom is -0.289 e. The summed E-state index contributed by atoms with van der Waals surface area (Å²) in [7, 11) is 0. The van der Waals surface area contributed by atoms with Crippen LogP contribution in [0.5, 0.6) is 0 Å². The molecule has 2 heterocycles. The van der Waals surface area contributed by atoms with E-state index in [4.69, 9.17) is 11.6 Å². The molecule has 0 atom stereocenters. The van der Waals surface area contributed by atoms with E-state index >= 15 is 0 Å². The summed E-state index contributed by atoms with van der Waals surface area (Å²) < 4.78 is 1.77. The van der Waals surface area contributed by atoms with E-state index in [-0.39, 0.29) is 0 Å². The molecule has 1 aromatic carbocycles. The summed E-state index contributed by atoms with van der Waals surface area (Å²) in [6.07, 6.45) is 2.38. The van der Waals surface area contributed by atoms with Crippen LogP contribution in [-0.4, -0.2) is 9.38 Å². The number of benzene rings is 1. The maximum absolute atomic E-state index is 9.41. The Morgan fingerprint density at radius 3 is 2.75 bits per heavy atom. The number of imidazole rings is 1. The van der Waals surface area contributed by atoms with Crippen molar-refractivity contribution in [1.82, 2.24) is 9.38 Å². The lowest BCUT2D eigenvalue weighted by Gasteiger charge is -1.99. The minimum absolute atomic E-state index is 0.550. The molecule has 0 radical (unpaired) electrons. The van der Waals surface area contributed by atoms with Crippen LogP contribution in [0.2, 0.25) is 5.02 Å². The number of rotatable bonds is 2. The number of fused-ring (bicyclic) bond motifs is 1. The van der Waals surface area contributed by atoms with Gasteiger partial charge in [0.15, 0.2) is 0 Å². The van der Waals surface area contributed by atoms with Crippen molar-refractivity contribution in [3.05, 3.63) is 70.1 Å². The SMILES string of the molecule is Cc1cc(Cl)cn2c(C#N)c(Cc3ccccc3)nc12. The number of nitrogens with zero attached hydrogens (tertiary/aromatic N) is 3. The first-order valence-electron chi connectivity index (χ1n) is 6.30. The molecule has 0 saturated heterocycles. The lowest BCUT2D eigenvalue weighted by atomic mass is 10.1. The van der Waals surface area contributed by atoms with Crippen molar-refractivity contribution in [2.75, 3.05) is 0 Å². The van der Waals surface area contributed by atoms with Crippen LogP contribution in [0.4, 0.5) is 0 Å². The van der Waals surface area contributed by atoms with Crippen molar-refractivity contribution in [2.45, 2.75) is 13.3 Å². The fourth-order valence-electron chi connectivity index (χ4n) is 2.35. The molecule has 0 saturated carbocycles. The topological polar surface area (TPSA) is 41.1 Å². The van der Waals surface area contributed by atoms with Crippen molar-refractivity contribution in [1.29, 1.82) is 5.26 Å². The van der Waals surface area contributed by atoms with Gasteiger partial charge in [-0.2, -0.15) is 5.26 Å². The van der Waals surface area contributed by atoms with Crippen LogP contribution in [0, 0.1) is 18.3 Å². The van der Waals surface area contributed by atoms with Gasteiger partial charge in [0.2, 0.25) is 0 Å². The van der Waals surface area contributed by atoms with Crippen molar-refractivity contribution < 1.29 is 0 Å². The first-order chi connectivity index (χ1) is 9.69. The van der Waals surface area contributed by atoms with Gasteiger partial charge in [0.05, 0.1) is 10.7 Å². The lowest BCUT2D eigenvalue weighted by Crippen LogP contribution is -1.94. The summed E-state index contributed by atoms with van der Waals surface area (Å²) in [5, 5.41) is 10.0. The third-order valence-electron chi connectivity index (χ3n) is 3.26. The molecule has 0 unspecified atom stereocenters. The molecule has 0 aliphatic heterocycles. The van der Waals surface area contributed by atoms with Gasteiger partial charge in [0.25, 0.3) is 0 Å². The van der Waals surface area contributed by atoms with Gasteiger partial charge < -0.3 is 0 Å². The van der Waals surface area contributed by atoms with Crippen LogP contribution in [0.1, 0.15) is 22.5 Å². The Balaban J connectivity index is 2.17. The average molecular weight is 282 g/mol. The summed E-state index contributed by atoms with van der Waals surface area (Å²) >= 11 is 6.06. The quantitative estimate of drug-likeness (QED) is 0.718. The number of hydrogen-bond acceptors (Lipinski definition) is 2. The highest BCUT2D eigenvalue weighted by Gasteiger charge is 2.14. The van der Waals surface area contributed by atoms with Crippen molar-refractivity contribution in [3.8, 4) is 6.07 Å². The Morgan fingerprint density at radius 1 is 1.30 bits per heavy atom. The Labute approximate surface area is 122 Å². The van der Waals surface area contributed by atoms with E-state index in [1.54, 1.807) is 10.6 Å². The summed E-state index contributed by atoms with van der Waals surface area (Å²) in [5.41, 5.74) is 4.22. The van der Waals surface area contributed by atoms with Crippen LogP contribution in [0.3, 0.4) is 0 Å². The molecule has 0 aliphatic carbocycles. The summed E-state index contributed by atoms with van der Waals surface area (Å²) in [6, 6.07) is 14.1. The van der Waals surface area contributed by atoms with E-state index in [1.165, 1.54) is 0 Å². The smallest absolute Gasteiger partial charge is 0.148 e. The highest BCUT2D eigenvalue weighted by molar-refractivity contribution is 6.30. The van der Waals surface area contributed by atoms with Crippen LogP contribution in [-0.2, 0) is 6.42 Å². The van der Waals surface area contributed by atoms with Gasteiger partial charge in [-0.05, 0) is 24.1 Å². The van der Waals surface area contributed by atoms with Gasteiger partial charge >= 0.3 is 0 Å². The molecule has 20 heavy (non-hydrogen) atoms. The second kappa shape index (κ2) is 4.99. The molecule has 2 aromatic heterocycles. The molecule has 3 aromatic rings. The maximum atomic E-state index is 9.41. The molecule has 0 amide bonds. The molecule has 4 heteroatoms. The normalized spacial score (nSPS) is 10.7. The standard InChI is InChI=1S/C16H12ClN3/c1-11-7-13(17)10-20-15(9-18)14(19-16(11)20)8-12-5-3-2-4-6-12/h2-7,10H,8H2,1H3. The highest BCUT2D eigenvalue weighted by atomic mass is 35.5. The molecule has 3 nitrogen and oxygen atoms in total. The van der Waals surface area contributed by atoms with Gasteiger partial charge in [0.1, 0.15) is 17.4 Å². The van der Waals surface area contributed by atoms with Crippen molar-refractivity contribution in [3.63, 3.8) is 0 Å². The Hall–Kier alpha value is -2.31. The number of nitriles is 1. The van der Waals surface area contributed by atoms with E-state index in [9.17, 15) is 5.26 Å². The summed E-state index contributed by atoms with van der Waals surface area (Å²) in [5.74, 6) is 0. The molecular formula is C16H12ClN3. The van der Waals surface area contributed by atoms with Crippen LogP contribution < -0.4 is 0 Å². The second-order valence-electron chi connectivity index (χ2n) is 4.72. The zero-order valence-corrected chi connectivity index (χ0v) is 11.7. The number of pyridine rings is 1. The Kier molecular flexibility index (Phi) is 3.17. The predicted molar refractivity (Wildman–Crippen MR) is 78.9 cm³/mol. The van der Waals surface area contributed by atoms with Gasteiger partial charge in [-0.25, -0.2) is 4.98 Å². The molecule has 0 spiro atoms. The predicted octanol–water partition coefficient (Wildman–Crippen LogP) is 3.76. The summed E-state index contributed by atoms with van der Waals surface area (Å²) in [6.45, 7) is 1.95. The van der Waals surface area contributed by atoms with Gasteiger partial charge in [-0.3, -0.25) is 4.40 Å². The molecule has 0 bridgehead atoms. The first kappa shape index (κ1) is 12.7. The van der Waals surface area contributed by atoms with Gasteiger partial charge in [0, 0.05) is 12.6 Å². The van der Waals surface area contributed by atoms with Crippen molar-refractivity contribution in [2.24, 2.45) is 0 Å². The molecule has 0 aliphatic rings. The molecule has 98 valence electrons. The largest absolute Gasteiger partial charge is 0.289 e. The van der Waals surface area contributed by atoms with Crippen LogP contribution >= 0.6 is 11.6 Å². The Bertz CT molecular complexity index is 813. The van der Waals surface area contributed by atoms with E-state index in [2.05, 4.69) is 11.1 Å². The third-order valence-corrected chi connectivity index (χ3v) is 3.47. The number of hydrogen-bond donors (Lipinski definition) is 0. The van der Waals surface area contributed by atoms with Crippen LogP contribution in [0.15, 0.2) is 42.6 Å². The van der Waals surface area contributed by atoms with Crippen LogP contribution in [0.25, 0.3) is 5.65 Å². The maximum Gasteiger partial charge on any atom is 0.148 e. The van der Waals surface area contributed by atoms with E-state index in [0.717, 1.165) is 22.5 Å². The molecule has 0 N–H and O–H groups in total. The fourth-order valence-corrected chi connectivity index (χ4v) is 2.61. The first-order valence-corrected chi connectivity index (χ1v) is 6.68. The van der Waals surface area contributed by atoms with E-state index in [0.29, 0.717) is 17.1 Å². The average Bonchev–Trinajstić information content (AvgIpc) is 2.77. The zero-order valence-electron chi connectivity index (χ0n) is 11.0. The highest BCUT2D eigenvalue weighted by Crippen LogP contribution is 2.21. The number of halogens is 1. The van der Waals surface area contributed by atoms with Crippen molar-refractivity contribution >= 4 is 17.2 Å². The Morgan fingerprint density at radius 2 is 2.05 bits per heavy atom. The second-order valence-corrected chi connectivity index (χ2v) is 5.15. The van der Waals surface area contributed by atoms with E-state index in [1.807, 2.05) is 43.3 Å². The van der Waals surface area contributed by atoms with Gasteiger partial charge in [-0.1, -0.05) is 41.9 Å². The number of aryl methyl sites for hydroxylation is 1. The number of aromatic nitrogens is 2. The van der Waals surface area contributed by atoms with E-state index < -0.39 is 0 Å². The zero-order chi connectivity index (χ0) is 14.1. The van der Waals surface area contributed by atoms with Gasteiger partial charge in [-0.15, -0.1) is 0 Å². The molecule has 3 rings (SSSR count). The minimum atomic E-state index is 0.550. The fraction of sp³-hybridized carbons (Fsp3) is 0.125.